The summed E-state index contributed by atoms with van der Waals surface area (Å²) in [5, 5.41) is 0. The average Bonchev–Trinajstić information content (AvgIpc) is 2.49. The summed E-state index contributed by atoms with van der Waals surface area (Å²) in [4.78, 5) is 0. The van der Waals surface area contributed by atoms with Crippen molar-refractivity contribution >= 4 is 0 Å². The van der Waals surface area contributed by atoms with Gasteiger partial charge in [-0.1, -0.05) is 21.3 Å². The van der Waals surface area contributed by atoms with Crippen molar-refractivity contribution in [3.05, 3.63) is 24.0 Å². The summed E-state index contributed by atoms with van der Waals surface area (Å²) < 4.78 is 2.32. The first-order valence-corrected chi connectivity index (χ1v) is 4.11. The van der Waals surface area contributed by atoms with Gasteiger partial charge in [0.2, 0.25) is 0 Å². The highest BCUT2D eigenvalue weighted by Gasteiger charge is 2.06. The van der Waals surface area contributed by atoms with Gasteiger partial charge in [0, 0.05) is 18.4 Å². The van der Waals surface area contributed by atoms with Crippen molar-refractivity contribution in [1.82, 2.24) is 4.57 Å². The zero-order chi connectivity index (χ0) is 7.40. The van der Waals surface area contributed by atoms with E-state index in [1.165, 1.54) is 25.1 Å². The topological polar surface area (TPSA) is 4.93 Å². The van der Waals surface area contributed by atoms with E-state index in [-0.39, 0.29) is 7.43 Å². The normalized spacial score (nSPS) is 12.5. The van der Waals surface area contributed by atoms with E-state index in [1.54, 1.807) is 0 Å². The molecule has 0 bridgehead atoms. The molecule has 64 valence electrons. The molecule has 0 spiro atoms. The van der Waals surface area contributed by atoms with Gasteiger partial charge in [-0.3, -0.25) is 0 Å². The fraction of sp³-hybridized carbons (Fsp3) is 0.600. The number of aromatic nitrogens is 1. The summed E-state index contributed by atoms with van der Waals surface area (Å²) >= 11 is 0. The van der Waals surface area contributed by atoms with Crippen LogP contribution in [0.5, 0.6) is 0 Å². The summed E-state index contributed by atoms with van der Waals surface area (Å²) in [6.45, 7) is 5.24. The zero-order valence-corrected chi connectivity index (χ0v) is 6.80. The van der Waals surface area contributed by atoms with E-state index < -0.39 is 0 Å². The molecule has 0 amide bonds. The van der Waals surface area contributed by atoms with Crippen LogP contribution in [-0.2, 0) is 13.0 Å². The van der Waals surface area contributed by atoms with Crippen LogP contribution in [0.15, 0.2) is 18.3 Å². The van der Waals surface area contributed by atoms with Crippen LogP contribution in [-0.4, -0.2) is 4.57 Å². The maximum atomic E-state index is 2.32. The predicted octanol–water partition coefficient (Wildman–Crippen LogP) is 3.10. The van der Waals surface area contributed by atoms with Gasteiger partial charge >= 0.3 is 0 Å². The third-order valence-electron chi connectivity index (χ3n) is 1.76. The van der Waals surface area contributed by atoms with Gasteiger partial charge < -0.3 is 4.57 Å². The zero-order valence-electron chi connectivity index (χ0n) is 6.80. The van der Waals surface area contributed by atoms with Crippen molar-refractivity contribution in [1.29, 1.82) is 0 Å². The molecule has 0 aromatic carbocycles. The molecule has 1 aliphatic heterocycles. The van der Waals surface area contributed by atoms with E-state index in [0.29, 0.717) is 0 Å². The molecule has 1 aromatic heterocycles. The van der Waals surface area contributed by atoms with E-state index in [4.69, 9.17) is 0 Å². The van der Waals surface area contributed by atoms with Crippen LogP contribution in [0.1, 0.15) is 33.4 Å². The molecule has 0 fully saturated rings. The van der Waals surface area contributed by atoms with Crippen molar-refractivity contribution in [3.8, 4) is 0 Å². The molecule has 1 nitrogen and oxygen atoms in total. The maximum Gasteiger partial charge on any atom is 0.0225 e. The molecule has 1 heteroatoms. The molecule has 0 saturated carbocycles. The predicted molar refractivity (Wildman–Crippen MR) is 50.8 cm³/mol. The Balaban J connectivity index is 0.000000311. The van der Waals surface area contributed by atoms with Crippen LogP contribution in [0, 0.1) is 0 Å². The molecule has 0 unspecified atom stereocenters. The molecule has 0 radical (unpaired) electrons. The second-order valence-electron chi connectivity index (χ2n) is 2.30. The van der Waals surface area contributed by atoms with Gasteiger partial charge in [0.05, 0.1) is 0 Å². The Morgan fingerprint density at radius 2 is 2.09 bits per heavy atom. The second kappa shape index (κ2) is 5.00. The van der Waals surface area contributed by atoms with Crippen molar-refractivity contribution in [2.45, 2.75) is 40.7 Å². The summed E-state index contributed by atoms with van der Waals surface area (Å²) in [6.07, 6.45) is 4.78. The van der Waals surface area contributed by atoms with Crippen LogP contribution in [0.2, 0.25) is 0 Å². The van der Waals surface area contributed by atoms with E-state index in [2.05, 4.69) is 22.9 Å². The maximum absolute atomic E-state index is 2.32. The smallest absolute Gasteiger partial charge is 0.0225 e. The lowest BCUT2D eigenvalue weighted by Gasteiger charge is -1.90. The molecule has 0 saturated heterocycles. The fourth-order valence-electron chi connectivity index (χ4n) is 1.33. The molecule has 1 aliphatic rings. The number of rotatable bonds is 0. The quantitative estimate of drug-likeness (QED) is 0.539. The van der Waals surface area contributed by atoms with Gasteiger partial charge in [-0.15, -0.1) is 0 Å². The van der Waals surface area contributed by atoms with Crippen molar-refractivity contribution < 1.29 is 0 Å². The molecule has 0 N–H and O–H groups in total. The van der Waals surface area contributed by atoms with Crippen LogP contribution in [0.4, 0.5) is 0 Å². The van der Waals surface area contributed by atoms with E-state index in [1.807, 2.05) is 13.8 Å². The van der Waals surface area contributed by atoms with Crippen LogP contribution >= 0.6 is 0 Å². The summed E-state index contributed by atoms with van der Waals surface area (Å²) in [7, 11) is 0. The van der Waals surface area contributed by atoms with E-state index >= 15 is 0 Å². The third kappa shape index (κ3) is 2.11. The largest absolute Gasteiger partial charge is 0.351 e. The number of aryl methyl sites for hydroxylation is 2. The Bertz CT molecular complexity index is 170. The number of hydrogen-bond donors (Lipinski definition) is 0. The molecular weight excluding hydrogens is 134 g/mol. The van der Waals surface area contributed by atoms with Gasteiger partial charge in [0.1, 0.15) is 0 Å². The molecule has 2 rings (SSSR count). The van der Waals surface area contributed by atoms with Gasteiger partial charge in [-0.25, -0.2) is 0 Å². The highest BCUT2D eigenvalue weighted by molar-refractivity contribution is 5.09. The SMILES string of the molecule is C.CC.c1cc2n(c1)CCC2. The van der Waals surface area contributed by atoms with Crippen molar-refractivity contribution in [3.63, 3.8) is 0 Å². The Hall–Kier alpha value is -0.720. The first kappa shape index (κ1) is 10.3. The second-order valence-corrected chi connectivity index (χ2v) is 2.30. The Kier molecular flexibility index (Phi) is 4.67. The highest BCUT2D eigenvalue weighted by atomic mass is 15.0. The lowest BCUT2D eigenvalue weighted by atomic mass is 10.3. The summed E-state index contributed by atoms with van der Waals surface area (Å²) in [6, 6.07) is 4.32. The number of fused-ring (bicyclic) bond motifs is 1. The van der Waals surface area contributed by atoms with Gasteiger partial charge in [-0.2, -0.15) is 0 Å². The standard InChI is InChI=1S/C7H9N.C2H6.CH4/c1-3-7-4-2-6-8(7)5-1;1-2;/h1,3,5H,2,4,6H2;1-2H3;1H4. The van der Waals surface area contributed by atoms with Crippen molar-refractivity contribution in [2.75, 3.05) is 0 Å². The third-order valence-corrected chi connectivity index (χ3v) is 1.76. The minimum Gasteiger partial charge on any atom is -0.351 e. The number of hydrogen-bond acceptors (Lipinski definition) is 0. The van der Waals surface area contributed by atoms with Crippen LogP contribution in [0.25, 0.3) is 0 Å². The molecule has 11 heavy (non-hydrogen) atoms. The molecular formula is C10H19N. The molecule has 2 heterocycles. The lowest BCUT2D eigenvalue weighted by molar-refractivity contribution is 0.750. The summed E-state index contributed by atoms with van der Waals surface area (Å²) in [5.41, 5.74) is 1.50. The Labute approximate surface area is 70.0 Å². The summed E-state index contributed by atoms with van der Waals surface area (Å²) in [5.74, 6) is 0. The first-order chi connectivity index (χ1) is 4.97. The van der Waals surface area contributed by atoms with Gasteiger partial charge in [-0.05, 0) is 25.0 Å². The fourth-order valence-corrected chi connectivity index (χ4v) is 1.33. The van der Waals surface area contributed by atoms with Gasteiger partial charge in [0.15, 0.2) is 0 Å². The first-order valence-electron chi connectivity index (χ1n) is 4.11. The molecule has 1 aromatic rings. The van der Waals surface area contributed by atoms with Crippen molar-refractivity contribution in [2.24, 2.45) is 0 Å². The Morgan fingerprint density at radius 3 is 2.73 bits per heavy atom. The van der Waals surface area contributed by atoms with E-state index in [0.717, 1.165) is 0 Å². The molecule has 0 aliphatic carbocycles. The van der Waals surface area contributed by atoms with E-state index in [9.17, 15) is 0 Å². The van der Waals surface area contributed by atoms with Crippen LogP contribution < -0.4 is 0 Å². The number of nitrogens with zero attached hydrogens (tertiary/aromatic N) is 1. The minimum atomic E-state index is 0. The van der Waals surface area contributed by atoms with Gasteiger partial charge in [0.25, 0.3) is 0 Å². The Morgan fingerprint density at radius 1 is 1.36 bits per heavy atom. The lowest BCUT2D eigenvalue weighted by Crippen LogP contribution is -1.86. The minimum absolute atomic E-state index is 0. The highest BCUT2D eigenvalue weighted by Crippen LogP contribution is 2.13. The average molecular weight is 153 g/mol. The monoisotopic (exact) mass is 153 g/mol. The van der Waals surface area contributed by atoms with Crippen LogP contribution in [0.3, 0.4) is 0 Å². The molecule has 0 atom stereocenters.